The molecule has 1 fully saturated rings. The van der Waals surface area contributed by atoms with Gasteiger partial charge in [0.1, 0.15) is 12.4 Å². The number of rotatable bonds is 5. The van der Waals surface area contributed by atoms with Gasteiger partial charge in [-0.1, -0.05) is 12.1 Å². The number of ether oxygens (including phenoxy) is 2. The van der Waals surface area contributed by atoms with Gasteiger partial charge in [-0.05, 0) is 42.0 Å². The van der Waals surface area contributed by atoms with Crippen LogP contribution in [0.15, 0.2) is 53.4 Å². The predicted molar refractivity (Wildman–Crippen MR) is 91.5 cm³/mol. The second-order valence-corrected chi connectivity index (χ2v) is 7.53. The maximum Gasteiger partial charge on any atom is 0.243 e. The second kappa shape index (κ2) is 7.66. The van der Waals surface area contributed by atoms with Crippen LogP contribution in [-0.2, 0) is 21.4 Å². The summed E-state index contributed by atoms with van der Waals surface area (Å²) in [6.45, 7) is 1.89. The molecule has 7 heteroatoms. The van der Waals surface area contributed by atoms with E-state index in [1.165, 1.54) is 4.31 Å². The van der Waals surface area contributed by atoms with Gasteiger partial charge in [-0.15, -0.1) is 0 Å². The number of sulfonamides is 1. The summed E-state index contributed by atoms with van der Waals surface area (Å²) in [7, 11) is -3.49. The zero-order chi connectivity index (χ0) is 17.7. The number of morpholine rings is 1. The van der Waals surface area contributed by atoms with E-state index >= 15 is 0 Å². The molecule has 1 aliphatic rings. The number of nitrogens with zero attached hydrogens (tertiary/aromatic N) is 2. The molecule has 25 heavy (non-hydrogen) atoms. The van der Waals surface area contributed by atoms with Crippen LogP contribution in [0, 0.1) is 11.3 Å². The average Bonchev–Trinajstić information content (AvgIpc) is 2.67. The second-order valence-electron chi connectivity index (χ2n) is 5.59. The standard InChI is InChI=1S/C18H18N2O4S/c19-13-15-2-1-3-16(12-15)14-24-17-4-6-18(7-5-17)25(21,22)20-8-10-23-11-9-20/h1-7,12H,8-11,14H2. The lowest BCUT2D eigenvalue weighted by Crippen LogP contribution is -2.40. The van der Waals surface area contributed by atoms with Crippen LogP contribution in [0.1, 0.15) is 11.1 Å². The Morgan fingerprint density at radius 3 is 2.52 bits per heavy atom. The molecule has 0 spiro atoms. The van der Waals surface area contributed by atoms with E-state index in [1.54, 1.807) is 42.5 Å². The van der Waals surface area contributed by atoms with Gasteiger partial charge in [0.25, 0.3) is 0 Å². The molecule has 2 aromatic rings. The van der Waals surface area contributed by atoms with Gasteiger partial charge in [-0.2, -0.15) is 9.57 Å². The Kier molecular flexibility index (Phi) is 5.34. The minimum absolute atomic E-state index is 0.244. The van der Waals surface area contributed by atoms with E-state index < -0.39 is 10.0 Å². The van der Waals surface area contributed by atoms with Crippen LogP contribution in [-0.4, -0.2) is 39.0 Å². The fourth-order valence-electron chi connectivity index (χ4n) is 2.54. The van der Waals surface area contributed by atoms with Crippen LogP contribution < -0.4 is 4.74 Å². The van der Waals surface area contributed by atoms with Gasteiger partial charge in [-0.25, -0.2) is 8.42 Å². The molecule has 2 aromatic carbocycles. The molecule has 0 radical (unpaired) electrons. The molecular weight excluding hydrogens is 340 g/mol. The third-order valence-corrected chi connectivity index (χ3v) is 5.81. The Morgan fingerprint density at radius 1 is 1.12 bits per heavy atom. The maximum atomic E-state index is 12.5. The largest absolute Gasteiger partial charge is 0.489 e. The normalized spacial score (nSPS) is 15.5. The Bertz CT molecular complexity index is 867. The van der Waals surface area contributed by atoms with E-state index in [2.05, 4.69) is 6.07 Å². The summed E-state index contributed by atoms with van der Waals surface area (Å²) in [6.07, 6.45) is 0. The van der Waals surface area contributed by atoms with Crippen molar-refractivity contribution in [1.29, 1.82) is 5.26 Å². The van der Waals surface area contributed by atoms with E-state index in [-0.39, 0.29) is 4.90 Å². The third kappa shape index (κ3) is 4.17. The van der Waals surface area contributed by atoms with Gasteiger partial charge in [0.05, 0.1) is 29.7 Å². The molecule has 130 valence electrons. The molecule has 0 saturated carbocycles. The van der Waals surface area contributed by atoms with E-state index in [9.17, 15) is 8.42 Å². The summed E-state index contributed by atoms with van der Waals surface area (Å²) >= 11 is 0. The quantitative estimate of drug-likeness (QED) is 0.818. The van der Waals surface area contributed by atoms with Crippen LogP contribution in [0.3, 0.4) is 0 Å². The Morgan fingerprint density at radius 2 is 1.84 bits per heavy atom. The maximum absolute atomic E-state index is 12.5. The van der Waals surface area contributed by atoms with Crippen LogP contribution in [0.4, 0.5) is 0 Å². The Labute approximate surface area is 147 Å². The van der Waals surface area contributed by atoms with Crippen molar-refractivity contribution in [2.75, 3.05) is 26.3 Å². The Balaban J connectivity index is 1.66. The van der Waals surface area contributed by atoms with Crippen molar-refractivity contribution in [2.45, 2.75) is 11.5 Å². The van der Waals surface area contributed by atoms with Crippen LogP contribution >= 0.6 is 0 Å². The number of hydrogen-bond acceptors (Lipinski definition) is 5. The zero-order valence-electron chi connectivity index (χ0n) is 13.6. The van der Waals surface area contributed by atoms with Crippen molar-refractivity contribution in [3.05, 3.63) is 59.7 Å². The molecule has 6 nitrogen and oxygen atoms in total. The first-order chi connectivity index (χ1) is 12.1. The minimum Gasteiger partial charge on any atom is -0.489 e. The highest BCUT2D eigenvalue weighted by molar-refractivity contribution is 7.89. The van der Waals surface area contributed by atoms with E-state index in [0.29, 0.717) is 44.2 Å². The van der Waals surface area contributed by atoms with Gasteiger partial charge in [-0.3, -0.25) is 0 Å². The Hall–Kier alpha value is -2.40. The van der Waals surface area contributed by atoms with E-state index in [4.69, 9.17) is 14.7 Å². The monoisotopic (exact) mass is 358 g/mol. The smallest absolute Gasteiger partial charge is 0.243 e. The van der Waals surface area contributed by atoms with Crippen molar-refractivity contribution in [2.24, 2.45) is 0 Å². The molecule has 1 saturated heterocycles. The SMILES string of the molecule is N#Cc1cccc(COc2ccc(S(=O)(=O)N3CCOCC3)cc2)c1. The number of hydrogen-bond donors (Lipinski definition) is 0. The third-order valence-electron chi connectivity index (χ3n) is 3.89. The molecule has 0 bridgehead atoms. The lowest BCUT2D eigenvalue weighted by molar-refractivity contribution is 0.0730. The summed E-state index contributed by atoms with van der Waals surface area (Å²) < 4.78 is 37.4. The average molecular weight is 358 g/mol. The first-order valence-electron chi connectivity index (χ1n) is 7.89. The molecule has 0 atom stereocenters. The van der Waals surface area contributed by atoms with Crippen molar-refractivity contribution < 1.29 is 17.9 Å². The van der Waals surface area contributed by atoms with Gasteiger partial charge in [0.2, 0.25) is 10.0 Å². The summed E-state index contributed by atoms with van der Waals surface area (Å²) in [4.78, 5) is 0.244. The fourth-order valence-corrected chi connectivity index (χ4v) is 3.95. The van der Waals surface area contributed by atoms with Gasteiger partial charge in [0, 0.05) is 13.1 Å². The fraction of sp³-hybridized carbons (Fsp3) is 0.278. The first kappa shape index (κ1) is 17.4. The van der Waals surface area contributed by atoms with Gasteiger partial charge in [0.15, 0.2) is 0 Å². The molecule has 0 aromatic heterocycles. The predicted octanol–water partition coefficient (Wildman–Crippen LogP) is 2.16. The summed E-state index contributed by atoms with van der Waals surface area (Å²) in [5.74, 6) is 0.572. The molecule has 1 aliphatic heterocycles. The number of nitriles is 1. The van der Waals surface area contributed by atoms with E-state index in [1.807, 2.05) is 6.07 Å². The first-order valence-corrected chi connectivity index (χ1v) is 9.33. The van der Waals surface area contributed by atoms with Gasteiger partial charge >= 0.3 is 0 Å². The van der Waals surface area contributed by atoms with Crippen molar-refractivity contribution in [1.82, 2.24) is 4.31 Å². The van der Waals surface area contributed by atoms with Crippen molar-refractivity contribution >= 4 is 10.0 Å². The highest BCUT2D eigenvalue weighted by Crippen LogP contribution is 2.21. The van der Waals surface area contributed by atoms with Crippen molar-refractivity contribution in [3.63, 3.8) is 0 Å². The van der Waals surface area contributed by atoms with E-state index in [0.717, 1.165) is 5.56 Å². The minimum atomic E-state index is -3.49. The molecule has 0 aliphatic carbocycles. The molecule has 1 heterocycles. The topological polar surface area (TPSA) is 79.6 Å². The lowest BCUT2D eigenvalue weighted by Gasteiger charge is -2.26. The van der Waals surface area contributed by atoms with Crippen LogP contribution in [0.25, 0.3) is 0 Å². The highest BCUT2D eigenvalue weighted by atomic mass is 32.2. The molecular formula is C18H18N2O4S. The highest BCUT2D eigenvalue weighted by Gasteiger charge is 2.26. The summed E-state index contributed by atoms with van der Waals surface area (Å²) in [6, 6.07) is 15.6. The summed E-state index contributed by atoms with van der Waals surface area (Å²) in [5, 5.41) is 8.90. The van der Waals surface area contributed by atoms with Crippen molar-refractivity contribution in [3.8, 4) is 11.8 Å². The molecule has 3 rings (SSSR count). The van der Waals surface area contributed by atoms with Gasteiger partial charge < -0.3 is 9.47 Å². The lowest BCUT2D eigenvalue weighted by atomic mass is 10.1. The van der Waals surface area contributed by atoms with Crippen LogP contribution in [0.5, 0.6) is 5.75 Å². The summed E-state index contributed by atoms with van der Waals surface area (Å²) in [5.41, 5.74) is 1.46. The zero-order valence-corrected chi connectivity index (χ0v) is 14.4. The molecule has 0 amide bonds. The molecule has 0 N–H and O–H groups in total. The van der Waals surface area contributed by atoms with Crippen LogP contribution in [0.2, 0.25) is 0 Å². The molecule has 0 unspecified atom stereocenters. The number of benzene rings is 2.